The van der Waals surface area contributed by atoms with Crippen molar-refractivity contribution in [2.24, 2.45) is 0 Å². The molecule has 0 aliphatic heterocycles. The molecule has 2 aromatic rings. The number of hydrogen-bond acceptors (Lipinski definition) is 4. The van der Waals surface area contributed by atoms with Gasteiger partial charge in [-0.05, 0) is 19.1 Å². The molecule has 0 aliphatic carbocycles. The van der Waals surface area contributed by atoms with E-state index in [-0.39, 0.29) is 18.6 Å². The van der Waals surface area contributed by atoms with Gasteiger partial charge in [-0.1, -0.05) is 0 Å². The molecule has 0 saturated heterocycles. The van der Waals surface area contributed by atoms with Crippen LogP contribution in [0, 0.1) is 0 Å². The average Bonchev–Trinajstić information content (AvgIpc) is 3.05. The maximum Gasteiger partial charge on any atom is 0.274 e. The van der Waals surface area contributed by atoms with E-state index in [4.69, 9.17) is 9.52 Å². The minimum Gasteiger partial charge on any atom is -0.463 e. The first kappa shape index (κ1) is 12.4. The first-order valence-electron chi connectivity index (χ1n) is 5.60. The van der Waals surface area contributed by atoms with Gasteiger partial charge in [-0.15, -0.1) is 0 Å². The summed E-state index contributed by atoms with van der Waals surface area (Å²) in [5.41, 5.74) is 0.942. The molecule has 0 aromatic carbocycles. The Morgan fingerprint density at radius 2 is 2.44 bits per heavy atom. The Labute approximate surface area is 104 Å². The van der Waals surface area contributed by atoms with Crippen LogP contribution in [0.2, 0.25) is 0 Å². The number of H-pyrrole nitrogens is 1. The lowest BCUT2D eigenvalue weighted by Crippen LogP contribution is -2.37. The van der Waals surface area contributed by atoms with E-state index in [2.05, 4.69) is 10.2 Å². The summed E-state index contributed by atoms with van der Waals surface area (Å²) in [4.78, 5) is 13.5. The van der Waals surface area contributed by atoms with Crippen molar-refractivity contribution in [1.82, 2.24) is 15.1 Å². The molecule has 2 rings (SSSR count). The van der Waals surface area contributed by atoms with Gasteiger partial charge in [-0.25, -0.2) is 0 Å². The summed E-state index contributed by atoms with van der Waals surface area (Å²) in [6.45, 7) is 1.68. The van der Waals surface area contributed by atoms with Gasteiger partial charge in [0, 0.05) is 13.1 Å². The van der Waals surface area contributed by atoms with Crippen molar-refractivity contribution in [3.8, 4) is 11.5 Å². The molecule has 0 spiro atoms. The highest BCUT2D eigenvalue weighted by molar-refractivity contribution is 5.93. The number of carbonyl (C=O) groups is 1. The lowest BCUT2D eigenvalue weighted by atomic mass is 10.2. The maximum absolute atomic E-state index is 12.0. The minimum absolute atomic E-state index is 0.0856. The van der Waals surface area contributed by atoms with Gasteiger partial charge in [0.25, 0.3) is 5.91 Å². The Bertz CT molecular complexity index is 518. The molecule has 2 aromatic heterocycles. The number of furan rings is 1. The van der Waals surface area contributed by atoms with Crippen LogP contribution in [0.1, 0.15) is 17.4 Å². The number of aliphatic hydroxyl groups excluding tert-OH is 1. The van der Waals surface area contributed by atoms with Gasteiger partial charge in [-0.2, -0.15) is 5.10 Å². The van der Waals surface area contributed by atoms with Crippen LogP contribution in [0.5, 0.6) is 0 Å². The molecule has 0 radical (unpaired) electrons. The summed E-state index contributed by atoms with van der Waals surface area (Å²) in [5, 5.41) is 15.7. The summed E-state index contributed by atoms with van der Waals surface area (Å²) in [6.07, 6.45) is 1.55. The fraction of sp³-hybridized carbons (Fsp3) is 0.333. The zero-order chi connectivity index (χ0) is 13.1. The first-order valence-corrected chi connectivity index (χ1v) is 5.60. The van der Waals surface area contributed by atoms with E-state index in [1.807, 2.05) is 0 Å². The molecule has 2 N–H and O–H groups in total. The number of nitrogens with one attached hydrogen (secondary N) is 1. The van der Waals surface area contributed by atoms with Crippen molar-refractivity contribution in [3.05, 3.63) is 30.2 Å². The monoisotopic (exact) mass is 249 g/mol. The van der Waals surface area contributed by atoms with E-state index >= 15 is 0 Å². The lowest BCUT2D eigenvalue weighted by Gasteiger charge is -2.21. The van der Waals surface area contributed by atoms with Crippen molar-refractivity contribution in [2.45, 2.75) is 13.0 Å². The van der Waals surface area contributed by atoms with Crippen molar-refractivity contribution in [2.75, 3.05) is 13.7 Å². The summed E-state index contributed by atoms with van der Waals surface area (Å²) in [7, 11) is 1.63. The molecule has 18 heavy (non-hydrogen) atoms. The van der Waals surface area contributed by atoms with E-state index in [0.29, 0.717) is 17.1 Å². The number of rotatable bonds is 4. The van der Waals surface area contributed by atoms with Crippen molar-refractivity contribution in [1.29, 1.82) is 0 Å². The van der Waals surface area contributed by atoms with Crippen LogP contribution in [0.4, 0.5) is 0 Å². The summed E-state index contributed by atoms with van der Waals surface area (Å²) >= 11 is 0. The highest BCUT2D eigenvalue weighted by Gasteiger charge is 2.20. The zero-order valence-corrected chi connectivity index (χ0v) is 10.3. The number of likely N-dealkylation sites (N-methyl/N-ethyl adjacent to an activating group) is 1. The van der Waals surface area contributed by atoms with Gasteiger partial charge in [0.15, 0.2) is 11.5 Å². The topological polar surface area (TPSA) is 82.4 Å². The molecule has 6 heteroatoms. The summed E-state index contributed by atoms with van der Waals surface area (Å²) < 4.78 is 5.21. The third kappa shape index (κ3) is 2.28. The van der Waals surface area contributed by atoms with Crippen LogP contribution < -0.4 is 0 Å². The van der Waals surface area contributed by atoms with E-state index < -0.39 is 0 Å². The Hall–Kier alpha value is -2.08. The number of aromatic amines is 1. The Kier molecular flexibility index (Phi) is 3.47. The highest BCUT2D eigenvalue weighted by atomic mass is 16.3. The van der Waals surface area contributed by atoms with Crippen LogP contribution in [-0.2, 0) is 0 Å². The van der Waals surface area contributed by atoms with Crippen molar-refractivity contribution in [3.63, 3.8) is 0 Å². The molecule has 1 amide bonds. The quantitative estimate of drug-likeness (QED) is 0.850. The molecule has 1 atom stereocenters. The second kappa shape index (κ2) is 5.05. The average molecular weight is 249 g/mol. The van der Waals surface area contributed by atoms with Crippen LogP contribution in [0.15, 0.2) is 28.9 Å². The van der Waals surface area contributed by atoms with E-state index in [0.717, 1.165) is 0 Å². The molecule has 0 aliphatic rings. The number of aliphatic hydroxyl groups is 1. The number of nitrogens with zero attached hydrogens (tertiary/aromatic N) is 2. The summed E-state index contributed by atoms with van der Waals surface area (Å²) in [6, 6.07) is 4.92. The number of amides is 1. The molecule has 0 saturated carbocycles. The normalized spacial score (nSPS) is 12.4. The van der Waals surface area contributed by atoms with E-state index in [9.17, 15) is 4.79 Å². The molecule has 96 valence electrons. The number of carbonyl (C=O) groups excluding carboxylic acids is 1. The fourth-order valence-corrected chi connectivity index (χ4v) is 1.49. The van der Waals surface area contributed by atoms with Crippen molar-refractivity contribution >= 4 is 5.91 Å². The second-order valence-electron chi connectivity index (χ2n) is 4.09. The predicted molar refractivity (Wildman–Crippen MR) is 64.9 cm³/mol. The lowest BCUT2D eigenvalue weighted by molar-refractivity contribution is 0.0676. The number of hydrogen-bond donors (Lipinski definition) is 2. The predicted octanol–water partition coefficient (Wildman–Crippen LogP) is 1.12. The maximum atomic E-state index is 12.0. The Morgan fingerprint density at radius 3 is 3.06 bits per heavy atom. The highest BCUT2D eigenvalue weighted by Crippen LogP contribution is 2.18. The number of aromatic nitrogens is 2. The fourth-order valence-electron chi connectivity index (χ4n) is 1.49. The second-order valence-corrected chi connectivity index (χ2v) is 4.09. The van der Waals surface area contributed by atoms with Gasteiger partial charge < -0.3 is 14.4 Å². The third-order valence-corrected chi connectivity index (χ3v) is 2.83. The molecule has 0 fully saturated rings. The van der Waals surface area contributed by atoms with Gasteiger partial charge >= 0.3 is 0 Å². The van der Waals surface area contributed by atoms with Crippen LogP contribution in [0.25, 0.3) is 11.5 Å². The molecule has 1 unspecified atom stereocenters. The van der Waals surface area contributed by atoms with Gasteiger partial charge in [0.2, 0.25) is 0 Å². The molecule has 0 bridgehead atoms. The van der Waals surface area contributed by atoms with Gasteiger partial charge in [0.05, 0.1) is 18.9 Å². The molecular formula is C12H15N3O3. The van der Waals surface area contributed by atoms with Crippen LogP contribution in [0.3, 0.4) is 0 Å². The standard InChI is InChI=1S/C12H15N3O3/c1-8(7-16)15(2)12(17)10-6-9(13-14-10)11-4-3-5-18-11/h3-6,8,16H,7H2,1-2H3,(H,13,14). The smallest absolute Gasteiger partial charge is 0.274 e. The third-order valence-electron chi connectivity index (χ3n) is 2.83. The molecule has 6 nitrogen and oxygen atoms in total. The Balaban J connectivity index is 2.18. The Morgan fingerprint density at radius 1 is 1.67 bits per heavy atom. The SMILES string of the molecule is CC(CO)N(C)C(=O)c1cc(-c2ccco2)[nH]n1. The minimum atomic E-state index is -0.249. The largest absolute Gasteiger partial charge is 0.463 e. The van der Waals surface area contributed by atoms with E-state index in [1.165, 1.54) is 4.90 Å². The van der Waals surface area contributed by atoms with Crippen LogP contribution in [-0.4, -0.2) is 45.8 Å². The van der Waals surface area contributed by atoms with Crippen LogP contribution >= 0.6 is 0 Å². The first-order chi connectivity index (χ1) is 8.63. The van der Waals surface area contributed by atoms with Gasteiger partial charge in [-0.3, -0.25) is 9.89 Å². The molecular weight excluding hydrogens is 234 g/mol. The molecule has 2 heterocycles. The van der Waals surface area contributed by atoms with Gasteiger partial charge in [0.1, 0.15) is 5.69 Å². The summed E-state index contributed by atoms with van der Waals surface area (Å²) in [5.74, 6) is 0.380. The zero-order valence-electron chi connectivity index (χ0n) is 10.3. The van der Waals surface area contributed by atoms with E-state index in [1.54, 1.807) is 38.4 Å². The van der Waals surface area contributed by atoms with Crippen molar-refractivity contribution < 1.29 is 14.3 Å².